The van der Waals surface area contributed by atoms with Gasteiger partial charge in [0.1, 0.15) is 5.76 Å². The van der Waals surface area contributed by atoms with Crippen molar-refractivity contribution in [3.8, 4) is 0 Å². The van der Waals surface area contributed by atoms with Crippen molar-refractivity contribution in [2.24, 2.45) is 0 Å². The Hall–Kier alpha value is -1.82. The Kier molecular flexibility index (Phi) is 10.1. The highest BCUT2D eigenvalue weighted by Crippen LogP contribution is 2.16. The summed E-state index contributed by atoms with van der Waals surface area (Å²) in [5, 5.41) is 0. The molecule has 0 radical (unpaired) electrons. The molecule has 0 aliphatic carbocycles. The molecule has 1 aromatic heterocycles. The van der Waals surface area contributed by atoms with E-state index in [1.165, 1.54) is 0 Å². The molecule has 1 saturated heterocycles. The molecule has 2 amide bonds. The monoisotopic (exact) mass is 392 g/mol. The molecule has 1 unspecified atom stereocenters. The lowest BCUT2D eigenvalue weighted by molar-refractivity contribution is -0.142. The summed E-state index contributed by atoms with van der Waals surface area (Å²) in [6.07, 6.45) is 9.15. The first-order valence-electron chi connectivity index (χ1n) is 10.8. The molecule has 158 valence electrons. The maximum Gasteiger partial charge on any atom is 0.242 e. The van der Waals surface area contributed by atoms with E-state index in [0.717, 1.165) is 57.3 Å². The molecule has 1 atom stereocenters. The molecule has 6 nitrogen and oxygen atoms in total. The van der Waals surface area contributed by atoms with Crippen LogP contribution in [-0.4, -0.2) is 54.0 Å². The molecule has 0 spiro atoms. The summed E-state index contributed by atoms with van der Waals surface area (Å²) in [5.74, 6) is 0.804. The second-order valence-electron chi connectivity index (χ2n) is 7.61. The Balaban J connectivity index is 1.99. The van der Waals surface area contributed by atoms with Crippen molar-refractivity contribution < 1.29 is 18.7 Å². The standard InChI is InChI=1S/C22H36N2O4/c1-3-5-7-12-21(25)23(13-6-4-2)18-22(26)24(16-19-10-8-14-27-19)17-20-11-9-15-28-20/h8,10,14,20H,3-7,9,11-13,15-18H2,1-2H3. The number of hydrogen-bond acceptors (Lipinski definition) is 4. The van der Waals surface area contributed by atoms with Crippen LogP contribution in [0.3, 0.4) is 0 Å². The molecule has 28 heavy (non-hydrogen) atoms. The van der Waals surface area contributed by atoms with Crippen molar-refractivity contribution in [3.05, 3.63) is 24.2 Å². The van der Waals surface area contributed by atoms with Crippen molar-refractivity contribution in [2.45, 2.75) is 77.9 Å². The van der Waals surface area contributed by atoms with E-state index in [4.69, 9.17) is 9.15 Å². The van der Waals surface area contributed by atoms with Crippen LogP contribution in [-0.2, 0) is 20.9 Å². The van der Waals surface area contributed by atoms with Crippen LogP contribution in [0, 0.1) is 0 Å². The molecule has 2 heterocycles. The minimum Gasteiger partial charge on any atom is -0.467 e. The molecular formula is C22H36N2O4. The fourth-order valence-corrected chi connectivity index (χ4v) is 3.47. The van der Waals surface area contributed by atoms with Gasteiger partial charge in [-0.25, -0.2) is 0 Å². The van der Waals surface area contributed by atoms with Crippen molar-refractivity contribution in [3.63, 3.8) is 0 Å². The predicted octanol–water partition coefficient (Wildman–Crippen LogP) is 4.00. The molecule has 2 rings (SSSR count). The molecule has 1 aromatic rings. The number of amides is 2. The average Bonchev–Trinajstić information content (AvgIpc) is 3.38. The number of unbranched alkanes of at least 4 members (excludes halogenated alkanes) is 3. The van der Waals surface area contributed by atoms with Crippen LogP contribution in [0.25, 0.3) is 0 Å². The highest BCUT2D eigenvalue weighted by Gasteiger charge is 2.26. The van der Waals surface area contributed by atoms with Gasteiger partial charge in [-0.05, 0) is 37.8 Å². The quantitative estimate of drug-likeness (QED) is 0.476. The van der Waals surface area contributed by atoms with Gasteiger partial charge in [-0.2, -0.15) is 0 Å². The van der Waals surface area contributed by atoms with Crippen LogP contribution >= 0.6 is 0 Å². The summed E-state index contributed by atoms with van der Waals surface area (Å²) in [4.78, 5) is 29.3. The number of nitrogens with zero attached hydrogens (tertiary/aromatic N) is 2. The van der Waals surface area contributed by atoms with Gasteiger partial charge in [-0.1, -0.05) is 33.1 Å². The van der Waals surface area contributed by atoms with Gasteiger partial charge in [-0.3, -0.25) is 9.59 Å². The SMILES string of the molecule is CCCCCC(=O)N(CCCC)CC(=O)N(Cc1ccco1)CC1CCCO1. The normalized spacial score (nSPS) is 16.3. The van der Waals surface area contributed by atoms with Crippen LogP contribution in [0.1, 0.15) is 71.0 Å². The summed E-state index contributed by atoms with van der Waals surface area (Å²) in [6.45, 7) is 6.72. The minimum atomic E-state index is -0.0353. The van der Waals surface area contributed by atoms with Crippen molar-refractivity contribution in [1.82, 2.24) is 9.80 Å². The van der Waals surface area contributed by atoms with Crippen LogP contribution in [0.4, 0.5) is 0 Å². The summed E-state index contributed by atoms with van der Waals surface area (Å²) in [7, 11) is 0. The number of rotatable bonds is 13. The van der Waals surface area contributed by atoms with Crippen molar-refractivity contribution in [2.75, 3.05) is 26.2 Å². The fourth-order valence-electron chi connectivity index (χ4n) is 3.47. The predicted molar refractivity (Wildman–Crippen MR) is 109 cm³/mol. The number of hydrogen-bond donors (Lipinski definition) is 0. The zero-order valence-corrected chi connectivity index (χ0v) is 17.5. The number of carbonyl (C=O) groups excluding carboxylic acids is 2. The van der Waals surface area contributed by atoms with E-state index < -0.39 is 0 Å². The molecule has 0 N–H and O–H groups in total. The Bertz CT molecular complexity index is 567. The second-order valence-corrected chi connectivity index (χ2v) is 7.61. The molecule has 1 aliphatic rings. The summed E-state index contributed by atoms with van der Waals surface area (Å²) >= 11 is 0. The minimum absolute atomic E-state index is 0.0353. The van der Waals surface area contributed by atoms with Crippen LogP contribution in [0.15, 0.2) is 22.8 Å². The van der Waals surface area contributed by atoms with E-state index in [1.54, 1.807) is 16.1 Å². The maximum atomic E-state index is 13.1. The Labute approximate surface area is 169 Å². The zero-order valence-electron chi connectivity index (χ0n) is 17.5. The van der Waals surface area contributed by atoms with Crippen molar-refractivity contribution in [1.29, 1.82) is 0 Å². The van der Waals surface area contributed by atoms with E-state index in [1.807, 2.05) is 12.1 Å². The molecular weight excluding hydrogens is 356 g/mol. The van der Waals surface area contributed by atoms with E-state index >= 15 is 0 Å². The number of carbonyl (C=O) groups is 2. The summed E-state index contributed by atoms with van der Waals surface area (Å²) in [6, 6.07) is 3.70. The lowest BCUT2D eigenvalue weighted by Crippen LogP contribution is -2.45. The van der Waals surface area contributed by atoms with Crippen LogP contribution in [0.5, 0.6) is 0 Å². The molecule has 0 saturated carbocycles. The number of furan rings is 1. The van der Waals surface area contributed by atoms with Crippen LogP contribution in [0.2, 0.25) is 0 Å². The van der Waals surface area contributed by atoms with E-state index in [9.17, 15) is 9.59 Å². The molecule has 6 heteroatoms. The van der Waals surface area contributed by atoms with Gasteiger partial charge in [0.15, 0.2) is 0 Å². The maximum absolute atomic E-state index is 13.1. The smallest absolute Gasteiger partial charge is 0.242 e. The van der Waals surface area contributed by atoms with Gasteiger partial charge in [0.25, 0.3) is 0 Å². The lowest BCUT2D eigenvalue weighted by atomic mass is 10.1. The van der Waals surface area contributed by atoms with Gasteiger partial charge in [0, 0.05) is 26.1 Å². The van der Waals surface area contributed by atoms with Crippen molar-refractivity contribution >= 4 is 11.8 Å². The molecule has 1 aliphatic heterocycles. The third kappa shape index (κ3) is 7.66. The third-order valence-corrected chi connectivity index (χ3v) is 5.18. The highest BCUT2D eigenvalue weighted by atomic mass is 16.5. The average molecular weight is 393 g/mol. The molecule has 0 bridgehead atoms. The Morgan fingerprint density at radius 3 is 2.57 bits per heavy atom. The third-order valence-electron chi connectivity index (χ3n) is 5.18. The summed E-state index contributed by atoms with van der Waals surface area (Å²) in [5.41, 5.74) is 0. The van der Waals surface area contributed by atoms with Gasteiger partial charge in [0.2, 0.25) is 11.8 Å². The summed E-state index contributed by atoms with van der Waals surface area (Å²) < 4.78 is 11.2. The first-order valence-corrected chi connectivity index (χ1v) is 10.8. The van der Waals surface area contributed by atoms with E-state index in [0.29, 0.717) is 26.1 Å². The highest BCUT2D eigenvalue weighted by molar-refractivity contribution is 5.84. The molecule has 0 aromatic carbocycles. The Morgan fingerprint density at radius 1 is 1.11 bits per heavy atom. The Morgan fingerprint density at radius 2 is 1.93 bits per heavy atom. The van der Waals surface area contributed by atoms with Gasteiger partial charge in [-0.15, -0.1) is 0 Å². The molecule has 1 fully saturated rings. The first-order chi connectivity index (χ1) is 13.6. The van der Waals surface area contributed by atoms with Gasteiger partial charge < -0.3 is 19.0 Å². The van der Waals surface area contributed by atoms with E-state index in [-0.39, 0.29) is 24.5 Å². The van der Waals surface area contributed by atoms with Gasteiger partial charge >= 0.3 is 0 Å². The van der Waals surface area contributed by atoms with Crippen LogP contribution < -0.4 is 0 Å². The largest absolute Gasteiger partial charge is 0.467 e. The second kappa shape index (κ2) is 12.6. The lowest BCUT2D eigenvalue weighted by Gasteiger charge is -2.29. The van der Waals surface area contributed by atoms with Gasteiger partial charge in [0.05, 0.1) is 25.5 Å². The number of ether oxygens (including phenoxy) is 1. The first kappa shape index (κ1) is 22.5. The zero-order chi connectivity index (χ0) is 20.2. The van der Waals surface area contributed by atoms with E-state index in [2.05, 4.69) is 13.8 Å². The topological polar surface area (TPSA) is 63.0 Å². The fraction of sp³-hybridized carbons (Fsp3) is 0.727.